The molecule has 0 saturated carbocycles. The molecule has 1 heterocycles. The van der Waals surface area contributed by atoms with E-state index in [9.17, 15) is 4.79 Å². The van der Waals surface area contributed by atoms with Crippen LogP contribution in [0.1, 0.15) is 39.2 Å². The number of rotatable bonds is 6. The summed E-state index contributed by atoms with van der Waals surface area (Å²) in [5, 5.41) is 2.31. The van der Waals surface area contributed by atoms with Crippen molar-refractivity contribution >= 4 is 11.5 Å². The first kappa shape index (κ1) is 19.3. The molecule has 1 saturated heterocycles. The minimum Gasteiger partial charge on any atom is -0.497 e. The molecule has 5 nitrogen and oxygen atoms in total. The molecule has 1 aliphatic heterocycles. The third kappa shape index (κ3) is 4.98. The van der Waals surface area contributed by atoms with E-state index in [0.717, 1.165) is 37.1 Å². The molecule has 0 aromatic heterocycles. The van der Waals surface area contributed by atoms with Crippen molar-refractivity contribution in [3.63, 3.8) is 0 Å². The van der Waals surface area contributed by atoms with Crippen molar-refractivity contribution in [1.82, 2.24) is 0 Å². The number of benzene rings is 1. The van der Waals surface area contributed by atoms with E-state index in [1.807, 2.05) is 32.9 Å². The first-order valence-corrected chi connectivity index (χ1v) is 8.82. The molecule has 2 rings (SSSR count). The molecule has 2 N–H and O–H groups in total. The molecule has 138 valence electrons. The fraction of sp³-hybridized carbons (Fsp3) is 0.550. The zero-order valence-corrected chi connectivity index (χ0v) is 15.9. The molecule has 5 heteroatoms. The van der Waals surface area contributed by atoms with E-state index in [1.165, 1.54) is 0 Å². The molecule has 1 fully saturated rings. The van der Waals surface area contributed by atoms with Crippen LogP contribution in [0.5, 0.6) is 11.5 Å². The quantitative estimate of drug-likeness (QED) is 0.633. The number of quaternary nitrogens is 1. The number of esters is 1. The van der Waals surface area contributed by atoms with E-state index in [2.05, 4.69) is 5.32 Å². The van der Waals surface area contributed by atoms with E-state index in [-0.39, 0.29) is 5.97 Å². The molecule has 0 amide bonds. The van der Waals surface area contributed by atoms with Gasteiger partial charge in [-0.25, -0.2) is 4.79 Å². The monoisotopic (exact) mass is 348 g/mol. The fourth-order valence-electron chi connectivity index (χ4n) is 3.37. The van der Waals surface area contributed by atoms with Crippen LogP contribution in [0.2, 0.25) is 0 Å². The van der Waals surface area contributed by atoms with Crippen molar-refractivity contribution in [2.24, 2.45) is 5.92 Å². The highest BCUT2D eigenvalue weighted by Gasteiger charge is 2.34. The van der Waals surface area contributed by atoms with Gasteiger partial charge in [-0.15, -0.1) is 0 Å². The van der Waals surface area contributed by atoms with Crippen LogP contribution in [0.4, 0.5) is 0 Å². The van der Waals surface area contributed by atoms with Gasteiger partial charge < -0.3 is 19.5 Å². The SMILES string of the molecule is COc1ccc(/C(C)=C/C(=O)OC(C)(C)C2CC[NH2+]CC2)c(OC)c1. The second-order valence-corrected chi connectivity index (χ2v) is 7.06. The number of carbonyl (C=O) groups excluding carboxylic acids is 1. The molecule has 25 heavy (non-hydrogen) atoms. The molecule has 0 spiro atoms. The predicted molar refractivity (Wildman–Crippen MR) is 97.8 cm³/mol. The maximum absolute atomic E-state index is 12.4. The molecular formula is C20H30NO4+. The summed E-state index contributed by atoms with van der Waals surface area (Å²) in [6, 6.07) is 5.54. The van der Waals surface area contributed by atoms with Gasteiger partial charge in [-0.1, -0.05) is 0 Å². The molecule has 1 aromatic carbocycles. The summed E-state index contributed by atoms with van der Waals surface area (Å²) >= 11 is 0. The smallest absolute Gasteiger partial charge is 0.331 e. The number of methoxy groups -OCH3 is 2. The molecule has 1 aliphatic rings. The van der Waals surface area contributed by atoms with Crippen LogP contribution in [0.25, 0.3) is 5.57 Å². The lowest BCUT2D eigenvalue weighted by Gasteiger charge is -2.35. The van der Waals surface area contributed by atoms with Gasteiger partial charge in [0.2, 0.25) is 0 Å². The topological polar surface area (TPSA) is 61.4 Å². The number of piperidine rings is 1. The molecule has 0 atom stereocenters. The Hall–Kier alpha value is -2.01. The van der Waals surface area contributed by atoms with Crippen LogP contribution in [-0.2, 0) is 9.53 Å². The Morgan fingerprint density at radius 3 is 2.48 bits per heavy atom. The maximum atomic E-state index is 12.4. The van der Waals surface area contributed by atoms with Gasteiger partial charge in [0.1, 0.15) is 17.1 Å². The molecule has 0 aliphatic carbocycles. The fourth-order valence-corrected chi connectivity index (χ4v) is 3.37. The Kier molecular flexibility index (Phi) is 6.48. The molecular weight excluding hydrogens is 318 g/mol. The Morgan fingerprint density at radius 2 is 1.88 bits per heavy atom. The molecule has 0 unspecified atom stereocenters. The molecule has 0 radical (unpaired) electrons. The van der Waals surface area contributed by atoms with E-state index in [0.29, 0.717) is 17.4 Å². The van der Waals surface area contributed by atoms with Crippen LogP contribution < -0.4 is 14.8 Å². The van der Waals surface area contributed by atoms with Crippen molar-refractivity contribution in [1.29, 1.82) is 0 Å². The summed E-state index contributed by atoms with van der Waals surface area (Å²) < 4.78 is 16.4. The highest BCUT2D eigenvalue weighted by atomic mass is 16.6. The highest BCUT2D eigenvalue weighted by molar-refractivity contribution is 5.92. The van der Waals surface area contributed by atoms with Gasteiger partial charge in [0.25, 0.3) is 0 Å². The largest absolute Gasteiger partial charge is 0.497 e. The van der Waals surface area contributed by atoms with Gasteiger partial charge in [0, 0.05) is 36.5 Å². The predicted octanol–water partition coefficient (Wildman–Crippen LogP) is 2.40. The first-order valence-electron chi connectivity index (χ1n) is 8.82. The second kappa shape index (κ2) is 8.39. The van der Waals surface area contributed by atoms with Crippen molar-refractivity contribution < 1.29 is 24.3 Å². The minimum absolute atomic E-state index is 0.310. The van der Waals surface area contributed by atoms with Crippen molar-refractivity contribution in [3.05, 3.63) is 29.8 Å². The van der Waals surface area contributed by atoms with E-state index in [4.69, 9.17) is 14.2 Å². The van der Waals surface area contributed by atoms with E-state index < -0.39 is 5.60 Å². The average molecular weight is 348 g/mol. The number of carbonyl (C=O) groups is 1. The summed E-state index contributed by atoms with van der Waals surface area (Å²) in [7, 11) is 3.21. The number of hydrogen-bond donors (Lipinski definition) is 1. The lowest BCUT2D eigenvalue weighted by atomic mass is 9.83. The normalized spacial score (nSPS) is 16.4. The first-order chi connectivity index (χ1) is 11.9. The summed E-state index contributed by atoms with van der Waals surface area (Å²) in [6.45, 7) is 8.11. The summed E-state index contributed by atoms with van der Waals surface area (Å²) in [6.07, 6.45) is 3.70. The number of ether oxygens (including phenoxy) is 3. The lowest BCUT2D eigenvalue weighted by Crippen LogP contribution is -2.86. The van der Waals surface area contributed by atoms with Gasteiger partial charge >= 0.3 is 5.97 Å². The number of hydrogen-bond acceptors (Lipinski definition) is 4. The third-order valence-electron chi connectivity index (χ3n) is 4.95. The number of nitrogens with two attached hydrogens (primary N) is 1. The Labute approximate surface area is 150 Å². The maximum Gasteiger partial charge on any atom is 0.331 e. The summed E-state index contributed by atoms with van der Waals surface area (Å²) in [5.74, 6) is 1.48. The molecule has 1 aromatic rings. The standard InChI is InChI=1S/C20H29NO4/c1-14(17-7-6-16(23-4)13-18(17)24-5)12-19(22)25-20(2,3)15-8-10-21-11-9-15/h6-7,12-13,15,21H,8-11H2,1-5H3/p+1/b14-12+. The van der Waals surface area contributed by atoms with Crippen LogP contribution in [0.15, 0.2) is 24.3 Å². The Balaban J connectivity index is 2.12. The van der Waals surface area contributed by atoms with E-state index in [1.54, 1.807) is 26.4 Å². The van der Waals surface area contributed by atoms with Gasteiger partial charge in [-0.3, -0.25) is 0 Å². The summed E-state index contributed by atoms with van der Waals surface area (Å²) in [4.78, 5) is 12.4. The van der Waals surface area contributed by atoms with Crippen LogP contribution in [0, 0.1) is 5.92 Å². The molecule has 0 bridgehead atoms. The van der Waals surface area contributed by atoms with Crippen molar-refractivity contribution in [2.75, 3.05) is 27.3 Å². The van der Waals surface area contributed by atoms with Gasteiger partial charge in [-0.2, -0.15) is 0 Å². The average Bonchev–Trinajstić information content (AvgIpc) is 2.61. The third-order valence-corrected chi connectivity index (χ3v) is 4.95. The number of allylic oxidation sites excluding steroid dienone is 1. The van der Waals surface area contributed by atoms with E-state index >= 15 is 0 Å². The Bertz CT molecular complexity index is 631. The van der Waals surface area contributed by atoms with Crippen LogP contribution in [-0.4, -0.2) is 38.9 Å². The van der Waals surface area contributed by atoms with Gasteiger partial charge in [0.05, 0.1) is 27.3 Å². The van der Waals surface area contributed by atoms with Crippen molar-refractivity contribution in [3.8, 4) is 11.5 Å². The lowest BCUT2D eigenvalue weighted by molar-refractivity contribution is -0.665. The summed E-state index contributed by atoms with van der Waals surface area (Å²) in [5.41, 5.74) is 1.20. The Morgan fingerprint density at radius 1 is 1.20 bits per heavy atom. The minimum atomic E-state index is -0.452. The van der Waals surface area contributed by atoms with Crippen LogP contribution >= 0.6 is 0 Å². The van der Waals surface area contributed by atoms with Crippen LogP contribution in [0.3, 0.4) is 0 Å². The zero-order valence-electron chi connectivity index (χ0n) is 15.9. The highest BCUT2D eigenvalue weighted by Crippen LogP contribution is 2.31. The zero-order chi connectivity index (χ0) is 18.4. The van der Waals surface area contributed by atoms with Gasteiger partial charge in [-0.05, 0) is 38.5 Å². The second-order valence-electron chi connectivity index (χ2n) is 7.06. The van der Waals surface area contributed by atoms with Crippen molar-refractivity contribution in [2.45, 2.75) is 39.2 Å². The van der Waals surface area contributed by atoms with Gasteiger partial charge in [0.15, 0.2) is 0 Å².